The van der Waals surface area contributed by atoms with Gasteiger partial charge in [0.05, 0.1) is 16.8 Å². The topological polar surface area (TPSA) is 142 Å². The van der Waals surface area contributed by atoms with Crippen LogP contribution in [0.1, 0.15) is 33.6 Å². The molecule has 2 N–H and O–H groups in total. The molecule has 1 unspecified atom stereocenters. The van der Waals surface area contributed by atoms with E-state index in [-0.39, 0.29) is 42.8 Å². The largest absolute Gasteiger partial charge is 0.436 e. The number of hydrogen-bond acceptors (Lipinski definition) is 7. The van der Waals surface area contributed by atoms with Gasteiger partial charge in [-0.1, -0.05) is 6.07 Å². The second kappa shape index (κ2) is 9.61. The van der Waals surface area contributed by atoms with Crippen LogP contribution in [0.15, 0.2) is 18.2 Å². The Morgan fingerprint density at radius 1 is 1.28 bits per heavy atom. The van der Waals surface area contributed by atoms with Crippen molar-refractivity contribution in [1.82, 2.24) is 15.1 Å². The molecule has 2 heterocycles. The van der Waals surface area contributed by atoms with Crippen LogP contribution in [0.2, 0.25) is 0 Å². The van der Waals surface area contributed by atoms with E-state index < -0.39 is 41.7 Å². The number of rotatable bonds is 5. The molecule has 0 aliphatic carbocycles. The minimum Gasteiger partial charge on any atom is -0.436 e. The van der Waals surface area contributed by atoms with E-state index in [2.05, 4.69) is 37.3 Å². The maximum atomic E-state index is 13.0. The number of carbonyl (C=O) groups excluding carboxylic acids is 6. The SMILES string of the molecule is CN(CC(=O)Nc1cccc2c1C(=O)N(C1CCC(=O)NC1=O)C2=O)C(=O)OCC#CBr. The van der Waals surface area contributed by atoms with Crippen molar-refractivity contribution in [1.29, 1.82) is 0 Å². The van der Waals surface area contributed by atoms with Gasteiger partial charge in [0.2, 0.25) is 17.7 Å². The molecule has 3 rings (SSSR count). The molecule has 1 aromatic rings. The molecule has 1 aromatic carbocycles. The standard InChI is InChI=1S/C20H17BrN4O7/c1-24(20(31)32-9-3-8-21)10-15(27)22-12-5-2-4-11-16(12)19(30)25(18(11)29)13-6-7-14(26)23-17(13)28/h2,4-5,13H,6-7,9-10H2,1H3,(H,22,27)(H,23,26,28). The lowest BCUT2D eigenvalue weighted by atomic mass is 10.0. The highest BCUT2D eigenvalue weighted by molar-refractivity contribution is 9.12. The number of nitrogens with one attached hydrogen (secondary N) is 2. The normalized spacial score (nSPS) is 17.2. The molecule has 2 aliphatic heterocycles. The zero-order valence-electron chi connectivity index (χ0n) is 16.8. The van der Waals surface area contributed by atoms with Gasteiger partial charge in [0.25, 0.3) is 11.8 Å². The number of nitrogens with zero attached hydrogens (tertiary/aromatic N) is 2. The van der Waals surface area contributed by atoms with E-state index in [0.29, 0.717) is 0 Å². The van der Waals surface area contributed by atoms with Crippen molar-refractivity contribution < 1.29 is 33.5 Å². The van der Waals surface area contributed by atoms with Gasteiger partial charge in [-0.2, -0.15) is 0 Å². The van der Waals surface area contributed by atoms with E-state index in [4.69, 9.17) is 4.74 Å². The highest BCUT2D eigenvalue weighted by Crippen LogP contribution is 2.32. The van der Waals surface area contributed by atoms with Crippen LogP contribution < -0.4 is 10.6 Å². The lowest BCUT2D eigenvalue weighted by Crippen LogP contribution is -2.54. The second-order valence-corrected chi connectivity index (χ2v) is 7.30. The van der Waals surface area contributed by atoms with Crippen LogP contribution in [0.4, 0.5) is 10.5 Å². The van der Waals surface area contributed by atoms with E-state index >= 15 is 0 Å². The summed E-state index contributed by atoms with van der Waals surface area (Å²) in [6, 6.07) is 3.20. The van der Waals surface area contributed by atoms with Crippen LogP contribution in [-0.2, 0) is 19.1 Å². The smallest absolute Gasteiger partial charge is 0.410 e. The van der Waals surface area contributed by atoms with E-state index in [1.807, 2.05) is 0 Å². The van der Waals surface area contributed by atoms with E-state index in [9.17, 15) is 28.8 Å². The molecule has 1 fully saturated rings. The van der Waals surface area contributed by atoms with Gasteiger partial charge in [-0.05, 0) is 29.3 Å². The number of hydrogen-bond donors (Lipinski definition) is 2. The van der Waals surface area contributed by atoms with Crippen molar-refractivity contribution in [3.8, 4) is 10.8 Å². The van der Waals surface area contributed by atoms with Crippen LogP contribution in [0.3, 0.4) is 0 Å². The average Bonchev–Trinajstić information content (AvgIpc) is 2.99. The predicted octanol–water partition coefficient (Wildman–Crippen LogP) is 0.450. The molecule has 11 nitrogen and oxygen atoms in total. The van der Waals surface area contributed by atoms with E-state index in [0.717, 1.165) is 9.80 Å². The van der Waals surface area contributed by atoms with E-state index in [1.54, 1.807) is 0 Å². The van der Waals surface area contributed by atoms with Gasteiger partial charge in [0.15, 0.2) is 6.61 Å². The first-order valence-corrected chi connectivity index (χ1v) is 10.1. The molecule has 0 spiro atoms. The first kappa shape index (κ1) is 23.0. The van der Waals surface area contributed by atoms with Gasteiger partial charge in [-0.3, -0.25) is 34.2 Å². The van der Waals surface area contributed by atoms with Crippen molar-refractivity contribution in [2.45, 2.75) is 18.9 Å². The summed E-state index contributed by atoms with van der Waals surface area (Å²) in [5.74, 6) is -0.807. The highest BCUT2D eigenvalue weighted by Gasteiger charge is 2.45. The first-order chi connectivity index (χ1) is 15.2. The van der Waals surface area contributed by atoms with Gasteiger partial charge < -0.3 is 15.0 Å². The highest BCUT2D eigenvalue weighted by atomic mass is 79.9. The van der Waals surface area contributed by atoms with Crippen LogP contribution >= 0.6 is 15.9 Å². The number of halogens is 1. The van der Waals surface area contributed by atoms with Crippen LogP contribution in [0.5, 0.6) is 0 Å². The predicted molar refractivity (Wildman–Crippen MR) is 112 cm³/mol. The number of ether oxygens (including phenoxy) is 1. The van der Waals surface area contributed by atoms with Crippen LogP contribution in [0.25, 0.3) is 0 Å². The summed E-state index contributed by atoms with van der Waals surface area (Å²) in [6.45, 7) is -0.543. The summed E-state index contributed by atoms with van der Waals surface area (Å²) in [4.78, 5) is 77.8. The summed E-state index contributed by atoms with van der Waals surface area (Å²) < 4.78 is 4.84. The minimum atomic E-state index is -1.12. The minimum absolute atomic E-state index is 0.00291. The molecular weight excluding hydrogens is 488 g/mol. The fourth-order valence-electron chi connectivity index (χ4n) is 3.32. The summed E-state index contributed by atoms with van der Waals surface area (Å²) in [7, 11) is 1.35. The van der Waals surface area contributed by atoms with E-state index in [1.165, 1.54) is 25.2 Å². The van der Waals surface area contributed by atoms with Crippen molar-refractivity contribution in [3.05, 3.63) is 29.3 Å². The number of benzene rings is 1. The monoisotopic (exact) mass is 504 g/mol. The molecule has 2 aliphatic rings. The quantitative estimate of drug-likeness (QED) is 0.437. The van der Waals surface area contributed by atoms with Gasteiger partial charge in [-0.25, -0.2) is 4.79 Å². The van der Waals surface area contributed by atoms with Gasteiger partial charge in [0.1, 0.15) is 12.6 Å². The Morgan fingerprint density at radius 3 is 2.72 bits per heavy atom. The number of fused-ring (bicyclic) bond motifs is 1. The summed E-state index contributed by atoms with van der Waals surface area (Å²) in [6.07, 6.45) is -0.759. The third-order valence-electron chi connectivity index (χ3n) is 4.77. The molecule has 0 aromatic heterocycles. The molecule has 166 valence electrons. The summed E-state index contributed by atoms with van der Waals surface area (Å²) in [5, 5.41) is 4.63. The van der Waals surface area contributed by atoms with Crippen molar-refractivity contribution >= 4 is 57.2 Å². The maximum absolute atomic E-state index is 13.0. The molecule has 1 atom stereocenters. The molecule has 0 bridgehead atoms. The zero-order valence-corrected chi connectivity index (χ0v) is 18.4. The Morgan fingerprint density at radius 2 is 2.03 bits per heavy atom. The molecule has 12 heteroatoms. The Balaban J connectivity index is 1.74. The number of amides is 6. The van der Waals surface area contributed by atoms with Crippen LogP contribution in [0, 0.1) is 10.8 Å². The zero-order chi connectivity index (χ0) is 23.4. The lowest BCUT2D eigenvalue weighted by Gasteiger charge is -2.27. The Bertz CT molecular complexity index is 1090. The average molecular weight is 505 g/mol. The third-order valence-corrected chi connectivity index (χ3v) is 5.05. The number of anilines is 1. The van der Waals surface area contributed by atoms with Crippen molar-refractivity contribution in [2.24, 2.45) is 0 Å². The van der Waals surface area contributed by atoms with Crippen LogP contribution in [-0.4, -0.2) is 71.7 Å². The van der Waals surface area contributed by atoms with Gasteiger partial charge >= 0.3 is 6.09 Å². The number of carbonyl (C=O) groups is 6. The molecule has 0 saturated carbocycles. The summed E-state index contributed by atoms with van der Waals surface area (Å²) >= 11 is 2.86. The first-order valence-electron chi connectivity index (χ1n) is 9.35. The Kier molecular flexibility index (Phi) is 6.89. The molecule has 1 saturated heterocycles. The number of imide groups is 2. The molecule has 32 heavy (non-hydrogen) atoms. The molecule has 0 radical (unpaired) electrons. The summed E-state index contributed by atoms with van der Waals surface area (Å²) in [5.41, 5.74) is 0.0274. The number of likely N-dealkylation sites (N-methyl/N-ethyl adjacent to an activating group) is 1. The Labute approximate surface area is 190 Å². The van der Waals surface area contributed by atoms with Gasteiger partial charge in [-0.15, -0.1) is 0 Å². The second-order valence-electron chi connectivity index (χ2n) is 6.91. The van der Waals surface area contributed by atoms with Crippen molar-refractivity contribution in [2.75, 3.05) is 25.5 Å². The fourth-order valence-corrected chi connectivity index (χ4v) is 3.44. The fraction of sp³-hybridized carbons (Fsp3) is 0.300. The van der Waals surface area contributed by atoms with Gasteiger partial charge in [0, 0.05) is 29.4 Å². The maximum Gasteiger partial charge on any atom is 0.410 e. The lowest BCUT2D eigenvalue weighted by molar-refractivity contribution is -0.136. The number of piperidine rings is 1. The molecular formula is C20H17BrN4O7. The van der Waals surface area contributed by atoms with Crippen molar-refractivity contribution in [3.63, 3.8) is 0 Å². The third kappa shape index (κ3) is 4.62. The molecule has 6 amide bonds. The Hall–Kier alpha value is -3.72.